The van der Waals surface area contributed by atoms with Crippen LogP contribution in [0.4, 0.5) is 0 Å². The van der Waals surface area contributed by atoms with Crippen molar-refractivity contribution in [1.29, 1.82) is 0 Å². The number of benzene rings is 1. The normalized spacial score (nSPS) is 13.2. The molecule has 0 aliphatic carbocycles. The Morgan fingerprint density at radius 1 is 1.47 bits per heavy atom. The summed E-state index contributed by atoms with van der Waals surface area (Å²) in [6, 6.07) is 7.12. The lowest BCUT2D eigenvalue weighted by molar-refractivity contribution is -0.156. The smallest absolute Gasteiger partial charge is 0.323 e. The van der Waals surface area contributed by atoms with Crippen molar-refractivity contribution in [2.45, 2.75) is 38.8 Å². The van der Waals surface area contributed by atoms with Crippen molar-refractivity contribution in [2.75, 3.05) is 0 Å². The van der Waals surface area contributed by atoms with E-state index in [4.69, 9.17) is 10.5 Å². The fourth-order valence-corrected chi connectivity index (χ4v) is 1.83. The van der Waals surface area contributed by atoms with Crippen LogP contribution in [0.5, 0.6) is 0 Å². The van der Waals surface area contributed by atoms with Crippen molar-refractivity contribution in [2.24, 2.45) is 5.73 Å². The van der Waals surface area contributed by atoms with Crippen molar-refractivity contribution < 1.29 is 9.53 Å². The summed E-state index contributed by atoms with van der Waals surface area (Å²) in [6.45, 7) is 5.49. The SMILES string of the molecule is CC(C)(C)OC(=O)[C@@H](N)Cc1cccc(Br)c1. The van der Waals surface area contributed by atoms with Crippen LogP contribution in [-0.2, 0) is 16.0 Å². The standard InChI is InChI=1S/C13H18BrNO2/c1-13(2,3)17-12(16)11(15)8-9-5-4-6-10(14)7-9/h4-7,11H,8,15H2,1-3H3/t11-/m0/s1. The van der Waals surface area contributed by atoms with Crippen molar-refractivity contribution in [3.63, 3.8) is 0 Å². The zero-order valence-electron chi connectivity index (χ0n) is 10.4. The van der Waals surface area contributed by atoms with E-state index in [2.05, 4.69) is 15.9 Å². The zero-order valence-corrected chi connectivity index (χ0v) is 12.0. The number of esters is 1. The molecule has 0 aliphatic heterocycles. The van der Waals surface area contributed by atoms with E-state index < -0.39 is 11.6 Å². The molecule has 0 saturated heterocycles. The molecule has 1 aromatic rings. The molecule has 0 aromatic heterocycles. The van der Waals surface area contributed by atoms with Gasteiger partial charge < -0.3 is 10.5 Å². The summed E-state index contributed by atoms with van der Waals surface area (Å²) in [5, 5.41) is 0. The molecule has 3 nitrogen and oxygen atoms in total. The van der Waals surface area contributed by atoms with Gasteiger partial charge in [0, 0.05) is 4.47 Å². The summed E-state index contributed by atoms with van der Waals surface area (Å²) in [4.78, 5) is 11.7. The van der Waals surface area contributed by atoms with E-state index in [9.17, 15) is 4.79 Å². The van der Waals surface area contributed by atoms with Crippen LogP contribution in [0.3, 0.4) is 0 Å². The van der Waals surface area contributed by atoms with Gasteiger partial charge in [0.2, 0.25) is 0 Å². The molecule has 1 atom stereocenters. The summed E-state index contributed by atoms with van der Waals surface area (Å²) in [7, 11) is 0. The van der Waals surface area contributed by atoms with Crippen LogP contribution in [-0.4, -0.2) is 17.6 Å². The first kappa shape index (κ1) is 14.2. The first-order chi connectivity index (χ1) is 7.78. The molecular formula is C13H18BrNO2. The second kappa shape index (κ2) is 5.65. The molecule has 0 saturated carbocycles. The van der Waals surface area contributed by atoms with Crippen LogP contribution in [0.2, 0.25) is 0 Å². The largest absolute Gasteiger partial charge is 0.459 e. The van der Waals surface area contributed by atoms with Gasteiger partial charge in [0.25, 0.3) is 0 Å². The van der Waals surface area contributed by atoms with Crippen LogP contribution in [0.25, 0.3) is 0 Å². The number of carbonyl (C=O) groups excluding carboxylic acids is 1. The van der Waals surface area contributed by atoms with Crippen molar-refractivity contribution >= 4 is 21.9 Å². The molecular weight excluding hydrogens is 282 g/mol. The van der Waals surface area contributed by atoms with Gasteiger partial charge in [-0.3, -0.25) is 4.79 Å². The van der Waals surface area contributed by atoms with E-state index in [1.807, 2.05) is 45.0 Å². The molecule has 1 aromatic carbocycles. The van der Waals surface area contributed by atoms with E-state index >= 15 is 0 Å². The molecule has 0 heterocycles. The van der Waals surface area contributed by atoms with Crippen LogP contribution >= 0.6 is 15.9 Å². The molecule has 0 radical (unpaired) electrons. The minimum absolute atomic E-state index is 0.363. The monoisotopic (exact) mass is 299 g/mol. The highest BCUT2D eigenvalue weighted by Gasteiger charge is 2.22. The summed E-state index contributed by atoms with van der Waals surface area (Å²) < 4.78 is 6.20. The van der Waals surface area contributed by atoms with Crippen LogP contribution in [0.15, 0.2) is 28.7 Å². The first-order valence-corrected chi connectivity index (χ1v) is 6.30. The van der Waals surface area contributed by atoms with Gasteiger partial charge in [-0.05, 0) is 44.9 Å². The molecule has 2 N–H and O–H groups in total. The molecule has 1 rings (SSSR count). The van der Waals surface area contributed by atoms with E-state index in [1.165, 1.54) is 0 Å². The molecule has 0 amide bonds. The number of hydrogen-bond donors (Lipinski definition) is 1. The molecule has 17 heavy (non-hydrogen) atoms. The third-order valence-corrected chi connectivity index (χ3v) is 2.55. The topological polar surface area (TPSA) is 52.3 Å². The lowest BCUT2D eigenvalue weighted by Crippen LogP contribution is -2.38. The van der Waals surface area contributed by atoms with Gasteiger partial charge in [0.05, 0.1) is 0 Å². The lowest BCUT2D eigenvalue weighted by atomic mass is 10.1. The Morgan fingerprint density at radius 2 is 2.12 bits per heavy atom. The Labute approximate surface area is 110 Å². The lowest BCUT2D eigenvalue weighted by Gasteiger charge is -2.22. The van der Waals surface area contributed by atoms with Crippen molar-refractivity contribution in [3.8, 4) is 0 Å². The fourth-order valence-electron chi connectivity index (χ4n) is 1.38. The maximum Gasteiger partial charge on any atom is 0.323 e. The van der Waals surface area contributed by atoms with Gasteiger partial charge in [0.15, 0.2) is 0 Å². The highest BCUT2D eigenvalue weighted by molar-refractivity contribution is 9.10. The molecule has 0 bridgehead atoms. The predicted octanol–water partition coefficient (Wildman–Crippen LogP) is 2.66. The van der Waals surface area contributed by atoms with Crippen LogP contribution < -0.4 is 5.73 Å². The molecule has 0 aliphatic rings. The minimum Gasteiger partial charge on any atom is -0.459 e. The number of halogens is 1. The summed E-state index contributed by atoms with van der Waals surface area (Å²) >= 11 is 3.38. The van der Waals surface area contributed by atoms with Crippen molar-refractivity contribution in [1.82, 2.24) is 0 Å². The number of nitrogens with two attached hydrogens (primary N) is 1. The number of rotatable bonds is 3. The Bertz CT molecular complexity index is 399. The molecule has 0 spiro atoms. The van der Waals surface area contributed by atoms with Crippen molar-refractivity contribution in [3.05, 3.63) is 34.3 Å². The quantitative estimate of drug-likeness (QED) is 0.873. The molecule has 0 unspecified atom stereocenters. The minimum atomic E-state index is -0.622. The number of hydrogen-bond acceptors (Lipinski definition) is 3. The van der Waals surface area contributed by atoms with E-state index in [0.717, 1.165) is 10.0 Å². The third-order valence-electron chi connectivity index (χ3n) is 2.05. The highest BCUT2D eigenvalue weighted by Crippen LogP contribution is 2.14. The average Bonchev–Trinajstić information content (AvgIpc) is 2.14. The van der Waals surface area contributed by atoms with Gasteiger partial charge in [0.1, 0.15) is 11.6 Å². The van der Waals surface area contributed by atoms with E-state index in [-0.39, 0.29) is 5.97 Å². The maximum absolute atomic E-state index is 11.7. The van der Waals surface area contributed by atoms with E-state index in [0.29, 0.717) is 6.42 Å². The first-order valence-electron chi connectivity index (χ1n) is 5.51. The van der Waals surface area contributed by atoms with Gasteiger partial charge in [-0.25, -0.2) is 0 Å². The summed E-state index contributed by atoms with van der Waals surface area (Å²) in [5.74, 6) is -0.363. The van der Waals surface area contributed by atoms with Gasteiger partial charge in [-0.1, -0.05) is 28.1 Å². The van der Waals surface area contributed by atoms with Gasteiger partial charge >= 0.3 is 5.97 Å². The summed E-state index contributed by atoms with van der Waals surface area (Å²) in [5.41, 5.74) is 6.33. The van der Waals surface area contributed by atoms with Crippen LogP contribution in [0.1, 0.15) is 26.3 Å². The zero-order chi connectivity index (χ0) is 13.1. The Morgan fingerprint density at radius 3 is 2.65 bits per heavy atom. The average molecular weight is 300 g/mol. The maximum atomic E-state index is 11.7. The third kappa shape index (κ3) is 5.33. The van der Waals surface area contributed by atoms with Crippen LogP contribution in [0, 0.1) is 0 Å². The highest BCUT2D eigenvalue weighted by atomic mass is 79.9. The van der Waals surface area contributed by atoms with Gasteiger partial charge in [-0.2, -0.15) is 0 Å². The fraction of sp³-hybridized carbons (Fsp3) is 0.462. The van der Waals surface area contributed by atoms with E-state index in [1.54, 1.807) is 0 Å². The summed E-state index contributed by atoms with van der Waals surface area (Å²) in [6.07, 6.45) is 0.481. The molecule has 4 heteroatoms. The molecule has 0 fully saturated rings. The van der Waals surface area contributed by atoms with Gasteiger partial charge in [-0.15, -0.1) is 0 Å². The molecule has 94 valence electrons. The number of carbonyl (C=O) groups is 1. The number of ether oxygens (including phenoxy) is 1. The predicted molar refractivity (Wildman–Crippen MR) is 71.7 cm³/mol. The second-order valence-electron chi connectivity index (χ2n) is 4.97. The Hall–Kier alpha value is -0.870. The second-order valence-corrected chi connectivity index (χ2v) is 5.89. The Balaban J connectivity index is 2.60. The Kier molecular flexibility index (Phi) is 4.71.